The van der Waals surface area contributed by atoms with Gasteiger partial charge in [0.2, 0.25) is 5.91 Å². The molecule has 29 heavy (non-hydrogen) atoms. The number of nitrogens with two attached hydrogens (primary N) is 1. The Bertz CT molecular complexity index is 978. The lowest BCUT2D eigenvalue weighted by Crippen LogP contribution is -2.43. The number of halogens is 3. The van der Waals surface area contributed by atoms with E-state index >= 15 is 0 Å². The second-order valence-electron chi connectivity index (χ2n) is 6.08. The minimum atomic E-state index is -4.65. The monoisotopic (exact) mass is 418 g/mol. The fourth-order valence-electron chi connectivity index (χ4n) is 2.65. The molecular weight excluding hydrogens is 397 g/mol. The van der Waals surface area contributed by atoms with Crippen molar-refractivity contribution in [3.05, 3.63) is 38.8 Å². The Balaban J connectivity index is 2.43. The van der Waals surface area contributed by atoms with Gasteiger partial charge in [0.15, 0.2) is 11.4 Å². The van der Waals surface area contributed by atoms with Crippen LogP contribution in [0.2, 0.25) is 0 Å². The Morgan fingerprint density at radius 1 is 1.38 bits per heavy atom. The molecule has 2 rings (SSSR count). The number of H-pyrrole nitrogens is 1. The summed E-state index contributed by atoms with van der Waals surface area (Å²) in [4.78, 5) is 40.2. The maximum atomic E-state index is 12.8. The van der Waals surface area contributed by atoms with E-state index in [1.807, 2.05) is 0 Å². The van der Waals surface area contributed by atoms with Gasteiger partial charge in [-0.2, -0.15) is 18.3 Å². The maximum Gasteiger partial charge on any atom is 0.435 e. The highest BCUT2D eigenvalue weighted by atomic mass is 19.4. The molecule has 2 heterocycles. The molecule has 0 aliphatic rings. The van der Waals surface area contributed by atoms with E-state index in [0.29, 0.717) is 6.42 Å². The summed E-state index contributed by atoms with van der Waals surface area (Å²) in [7, 11) is 1.37. The summed E-state index contributed by atoms with van der Waals surface area (Å²) in [6, 6.07) is 0.732. The van der Waals surface area contributed by atoms with Crippen molar-refractivity contribution in [2.75, 3.05) is 30.9 Å². The Hall–Kier alpha value is -3.09. The molecule has 0 saturated heterocycles. The summed E-state index contributed by atoms with van der Waals surface area (Å²) in [5.74, 6) is -0.973. The van der Waals surface area contributed by atoms with E-state index < -0.39 is 35.6 Å². The fraction of sp³-hybridized carbons (Fsp3) is 0.500. The summed E-state index contributed by atoms with van der Waals surface area (Å²) < 4.78 is 45.0. The quantitative estimate of drug-likeness (QED) is 0.640. The number of nitrogen functional groups attached to an aromatic ring is 1. The van der Waals surface area contributed by atoms with Gasteiger partial charge in [-0.25, -0.2) is 4.79 Å². The van der Waals surface area contributed by atoms with Gasteiger partial charge in [0.1, 0.15) is 12.4 Å². The zero-order valence-corrected chi connectivity index (χ0v) is 15.8. The predicted molar refractivity (Wildman–Crippen MR) is 97.5 cm³/mol. The second-order valence-corrected chi connectivity index (χ2v) is 6.08. The van der Waals surface area contributed by atoms with Gasteiger partial charge < -0.3 is 15.4 Å². The SMILES string of the molecule is CCCn1c(N)c(N(CCOC)C(=O)Cn2ccc(C(F)(F)F)n2)c(=O)[nH]c1=O. The molecule has 0 radical (unpaired) electrons. The number of carbonyl (C=O) groups is 1. The van der Waals surface area contributed by atoms with Crippen molar-refractivity contribution < 1.29 is 22.7 Å². The molecule has 0 aliphatic carbocycles. The van der Waals surface area contributed by atoms with Crippen LogP contribution in [0.15, 0.2) is 21.9 Å². The van der Waals surface area contributed by atoms with Crippen LogP contribution in [-0.2, 0) is 28.8 Å². The average molecular weight is 418 g/mol. The van der Waals surface area contributed by atoms with Crippen molar-refractivity contribution in [3.8, 4) is 0 Å². The van der Waals surface area contributed by atoms with Crippen LogP contribution in [0.5, 0.6) is 0 Å². The highest BCUT2D eigenvalue weighted by molar-refractivity contribution is 5.95. The van der Waals surface area contributed by atoms with Crippen molar-refractivity contribution in [2.45, 2.75) is 32.6 Å². The molecule has 0 atom stereocenters. The zero-order chi connectivity index (χ0) is 21.8. The minimum Gasteiger partial charge on any atom is -0.383 e. The van der Waals surface area contributed by atoms with Gasteiger partial charge in [0.25, 0.3) is 5.56 Å². The number of alkyl halides is 3. The molecule has 0 bridgehead atoms. The summed E-state index contributed by atoms with van der Waals surface area (Å²) in [5.41, 5.74) is 2.94. The smallest absolute Gasteiger partial charge is 0.383 e. The standard InChI is InChI=1S/C16H21F3N6O4/c1-3-5-25-13(20)12(14(27)21-15(25)28)24(7-8-29-2)11(26)9-23-6-4-10(22-23)16(17,18)19/h4,6H,3,5,7-9,20H2,1-2H3,(H,21,27,28). The van der Waals surface area contributed by atoms with E-state index in [9.17, 15) is 27.6 Å². The van der Waals surface area contributed by atoms with E-state index in [2.05, 4.69) is 10.1 Å². The summed E-state index contributed by atoms with van der Waals surface area (Å²) >= 11 is 0. The lowest BCUT2D eigenvalue weighted by Gasteiger charge is -2.24. The number of nitrogens with one attached hydrogen (secondary N) is 1. The minimum absolute atomic E-state index is 0.0183. The maximum absolute atomic E-state index is 12.8. The number of aromatic amines is 1. The summed E-state index contributed by atoms with van der Waals surface area (Å²) in [5, 5.41) is 3.32. The van der Waals surface area contributed by atoms with Crippen molar-refractivity contribution in [3.63, 3.8) is 0 Å². The van der Waals surface area contributed by atoms with Crippen LogP contribution in [0.1, 0.15) is 19.0 Å². The van der Waals surface area contributed by atoms with Gasteiger partial charge in [0, 0.05) is 26.4 Å². The molecular formula is C16H21F3N6O4. The van der Waals surface area contributed by atoms with E-state index in [0.717, 1.165) is 26.4 Å². The molecule has 160 valence electrons. The molecule has 1 amide bonds. The number of aromatic nitrogens is 4. The van der Waals surface area contributed by atoms with Crippen LogP contribution in [0.4, 0.5) is 24.7 Å². The molecule has 13 heteroatoms. The summed E-state index contributed by atoms with van der Waals surface area (Å²) in [6.07, 6.45) is -3.11. The number of amides is 1. The first-order chi connectivity index (χ1) is 13.6. The van der Waals surface area contributed by atoms with Crippen LogP contribution >= 0.6 is 0 Å². The Kier molecular flexibility index (Phi) is 6.84. The second kappa shape index (κ2) is 8.94. The van der Waals surface area contributed by atoms with Crippen molar-refractivity contribution in [1.82, 2.24) is 19.3 Å². The number of hydrogen-bond acceptors (Lipinski definition) is 6. The van der Waals surface area contributed by atoms with Crippen LogP contribution in [0, 0.1) is 0 Å². The van der Waals surface area contributed by atoms with Gasteiger partial charge in [0.05, 0.1) is 6.61 Å². The van der Waals surface area contributed by atoms with E-state index in [1.54, 1.807) is 6.92 Å². The van der Waals surface area contributed by atoms with Crippen LogP contribution in [0.25, 0.3) is 0 Å². The highest BCUT2D eigenvalue weighted by Crippen LogP contribution is 2.27. The molecule has 0 spiro atoms. The van der Waals surface area contributed by atoms with Gasteiger partial charge in [-0.3, -0.25) is 23.8 Å². The first-order valence-electron chi connectivity index (χ1n) is 8.62. The van der Waals surface area contributed by atoms with Crippen LogP contribution in [0.3, 0.4) is 0 Å². The van der Waals surface area contributed by atoms with Gasteiger partial charge in [-0.1, -0.05) is 6.92 Å². The van der Waals surface area contributed by atoms with E-state index in [-0.39, 0.29) is 31.2 Å². The summed E-state index contributed by atoms with van der Waals surface area (Å²) in [6.45, 7) is 1.33. The Morgan fingerprint density at radius 2 is 2.07 bits per heavy atom. The van der Waals surface area contributed by atoms with Gasteiger partial charge in [-0.05, 0) is 12.5 Å². The number of methoxy groups -OCH3 is 1. The van der Waals surface area contributed by atoms with Crippen molar-refractivity contribution in [1.29, 1.82) is 0 Å². The molecule has 2 aromatic heterocycles. The lowest BCUT2D eigenvalue weighted by molar-refractivity contribution is -0.141. The largest absolute Gasteiger partial charge is 0.435 e. The molecule has 3 N–H and O–H groups in total. The predicted octanol–water partition coefficient (Wildman–Crippen LogP) is 0.424. The van der Waals surface area contributed by atoms with Crippen LogP contribution in [-0.4, -0.2) is 45.5 Å². The number of anilines is 2. The van der Waals surface area contributed by atoms with Gasteiger partial charge >= 0.3 is 11.9 Å². The fourth-order valence-corrected chi connectivity index (χ4v) is 2.65. The average Bonchev–Trinajstić information content (AvgIpc) is 3.10. The number of carbonyl (C=O) groups excluding carboxylic acids is 1. The Labute approximate surface area is 162 Å². The lowest BCUT2D eigenvalue weighted by atomic mass is 10.3. The molecule has 0 saturated carbocycles. The van der Waals surface area contributed by atoms with Crippen molar-refractivity contribution >= 4 is 17.4 Å². The van der Waals surface area contributed by atoms with E-state index in [4.69, 9.17) is 10.5 Å². The third-order valence-electron chi connectivity index (χ3n) is 3.98. The third-order valence-corrected chi connectivity index (χ3v) is 3.98. The molecule has 0 aliphatic heterocycles. The third kappa shape index (κ3) is 5.04. The number of nitrogens with zero attached hydrogens (tertiary/aromatic N) is 4. The zero-order valence-electron chi connectivity index (χ0n) is 15.8. The molecule has 0 aromatic carbocycles. The molecule has 0 fully saturated rings. The molecule has 2 aromatic rings. The number of hydrogen-bond donors (Lipinski definition) is 2. The first-order valence-corrected chi connectivity index (χ1v) is 8.62. The topological polar surface area (TPSA) is 128 Å². The Morgan fingerprint density at radius 3 is 2.62 bits per heavy atom. The van der Waals surface area contributed by atoms with Crippen molar-refractivity contribution in [2.24, 2.45) is 0 Å². The number of ether oxygens (including phenoxy) is 1. The van der Waals surface area contributed by atoms with Gasteiger partial charge in [-0.15, -0.1) is 0 Å². The molecule has 0 unspecified atom stereocenters. The molecule has 10 nitrogen and oxygen atoms in total. The first kappa shape index (κ1) is 22.2. The normalized spacial score (nSPS) is 11.6. The van der Waals surface area contributed by atoms with E-state index in [1.165, 1.54) is 7.11 Å². The highest BCUT2D eigenvalue weighted by Gasteiger charge is 2.34. The van der Waals surface area contributed by atoms with Crippen LogP contribution < -0.4 is 21.9 Å². The number of rotatable bonds is 8.